The summed E-state index contributed by atoms with van der Waals surface area (Å²) in [6.45, 7) is 5.55. The minimum atomic E-state index is -0.229. The highest BCUT2D eigenvalue weighted by atomic mass is 32.1. The number of hydrogen-bond donors (Lipinski definition) is 2. The van der Waals surface area contributed by atoms with Crippen molar-refractivity contribution in [2.24, 2.45) is 0 Å². The first-order valence-electron chi connectivity index (χ1n) is 7.44. The van der Waals surface area contributed by atoms with E-state index in [1.165, 1.54) is 4.88 Å². The van der Waals surface area contributed by atoms with Crippen molar-refractivity contribution in [1.29, 1.82) is 0 Å². The van der Waals surface area contributed by atoms with Crippen LogP contribution in [0.5, 0.6) is 0 Å². The second kappa shape index (κ2) is 7.83. The van der Waals surface area contributed by atoms with Gasteiger partial charge >= 0.3 is 0 Å². The molecule has 2 N–H and O–H groups in total. The van der Waals surface area contributed by atoms with E-state index >= 15 is 0 Å². The first kappa shape index (κ1) is 17.1. The Kier molecular flexibility index (Phi) is 6.08. The van der Waals surface area contributed by atoms with Crippen molar-refractivity contribution < 1.29 is 9.84 Å². The van der Waals surface area contributed by atoms with Gasteiger partial charge in [-0.3, -0.25) is 0 Å². The van der Waals surface area contributed by atoms with E-state index in [4.69, 9.17) is 4.74 Å². The van der Waals surface area contributed by atoms with Gasteiger partial charge in [0.15, 0.2) is 0 Å². The molecule has 0 aliphatic carbocycles. The van der Waals surface area contributed by atoms with Crippen LogP contribution in [0, 0.1) is 6.92 Å². The third-order valence-electron chi connectivity index (χ3n) is 3.72. The molecule has 0 saturated carbocycles. The van der Waals surface area contributed by atoms with Gasteiger partial charge in [0.05, 0.1) is 12.3 Å². The van der Waals surface area contributed by atoms with E-state index in [9.17, 15) is 5.11 Å². The molecular formula is C17H24N2O2S. The number of nitrogens with zero attached hydrogens (tertiary/aromatic N) is 1. The normalized spacial score (nSPS) is 14.0. The number of nitrogens with one attached hydrogen (secondary N) is 1. The molecular weight excluding hydrogens is 296 g/mol. The molecule has 1 heterocycles. The van der Waals surface area contributed by atoms with E-state index in [1.54, 1.807) is 18.4 Å². The molecule has 0 aliphatic heterocycles. The lowest BCUT2D eigenvalue weighted by Gasteiger charge is -2.29. The summed E-state index contributed by atoms with van der Waals surface area (Å²) in [6, 6.07) is 10.2. The molecule has 1 atom stereocenters. The SMILES string of the molecule is COCC(C)(CCO)NCc1sc(-c2ccccc2)nc1C. The predicted octanol–water partition coefficient (Wildman–Crippen LogP) is 3.00. The fourth-order valence-electron chi connectivity index (χ4n) is 2.37. The highest BCUT2D eigenvalue weighted by Gasteiger charge is 2.23. The van der Waals surface area contributed by atoms with Gasteiger partial charge in [-0.25, -0.2) is 4.98 Å². The molecule has 0 amide bonds. The highest BCUT2D eigenvalue weighted by molar-refractivity contribution is 7.15. The number of aliphatic hydroxyl groups is 1. The smallest absolute Gasteiger partial charge is 0.123 e. The topological polar surface area (TPSA) is 54.4 Å². The molecule has 2 aromatic rings. The van der Waals surface area contributed by atoms with Gasteiger partial charge in [-0.2, -0.15) is 0 Å². The van der Waals surface area contributed by atoms with Gasteiger partial charge in [-0.15, -0.1) is 11.3 Å². The maximum absolute atomic E-state index is 9.23. The van der Waals surface area contributed by atoms with Gasteiger partial charge in [0.2, 0.25) is 0 Å². The van der Waals surface area contributed by atoms with Gasteiger partial charge in [0.25, 0.3) is 0 Å². The predicted molar refractivity (Wildman–Crippen MR) is 91.1 cm³/mol. The van der Waals surface area contributed by atoms with Crippen molar-refractivity contribution in [3.05, 3.63) is 40.9 Å². The lowest BCUT2D eigenvalue weighted by molar-refractivity contribution is 0.0971. The Hall–Kier alpha value is -1.27. The number of aliphatic hydroxyl groups excluding tert-OH is 1. The summed E-state index contributed by atoms with van der Waals surface area (Å²) in [7, 11) is 1.68. The number of aryl methyl sites for hydroxylation is 1. The van der Waals surface area contributed by atoms with Gasteiger partial charge in [0.1, 0.15) is 5.01 Å². The number of aromatic nitrogens is 1. The van der Waals surface area contributed by atoms with E-state index in [-0.39, 0.29) is 12.1 Å². The number of hydrogen-bond acceptors (Lipinski definition) is 5. The Morgan fingerprint density at radius 1 is 1.32 bits per heavy atom. The third-order valence-corrected chi connectivity index (χ3v) is 4.92. The zero-order valence-corrected chi connectivity index (χ0v) is 14.2. The monoisotopic (exact) mass is 320 g/mol. The van der Waals surface area contributed by atoms with E-state index < -0.39 is 0 Å². The van der Waals surface area contributed by atoms with Crippen LogP contribution < -0.4 is 5.32 Å². The van der Waals surface area contributed by atoms with Gasteiger partial charge in [0, 0.05) is 36.2 Å². The van der Waals surface area contributed by atoms with Crippen LogP contribution in [0.25, 0.3) is 10.6 Å². The quantitative estimate of drug-likeness (QED) is 0.785. The molecule has 0 bridgehead atoms. The Morgan fingerprint density at radius 2 is 2.05 bits per heavy atom. The minimum Gasteiger partial charge on any atom is -0.396 e. The summed E-state index contributed by atoms with van der Waals surface area (Å²) >= 11 is 1.71. The van der Waals surface area contributed by atoms with Crippen LogP contribution in [0.3, 0.4) is 0 Å². The number of rotatable bonds is 8. The molecule has 0 fully saturated rings. The van der Waals surface area contributed by atoms with Gasteiger partial charge in [-0.1, -0.05) is 30.3 Å². The summed E-state index contributed by atoms with van der Waals surface area (Å²) in [6.07, 6.45) is 0.657. The Balaban J connectivity index is 2.09. The lowest BCUT2D eigenvalue weighted by Crippen LogP contribution is -2.46. The fourth-order valence-corrected chi connectivity index (χ4v) is 3.37. The molecule has 0 radical (unpaired) electrons. The van der Waals surface area contributed by atoms with Crippen LogP contribution in [-0.4, -0.2) is 36.0 Å². The van der Waals surface area contributed by atoms with Crippen LogP contribution in [-0.2, 0) is 11.3 Å². The van der Waals surface area contributed by atoms with Crippen molar-refractivity contribution in [3.8, 4) is 10.6 Å². The Bertz CT molecular complexity index is 578. The van der Waals surface area contributed by atoms with E-state index in [2.05, 4.69) is 29.4 Å². The van der Waals surface area contributed by atoms with Crippen molar-refractivity contribution in [2.45, 2.75) is 32.4 Å². The van der Waals surface area contributed by atoms with Gasteiger partial charge in [-0.05, 0) is 20.3 Å². The van der Waals surface area contributed by atoms with E-state index in [0.717, 1.165) is 22.8 Å². The molecule has 5 heteroatoms. The molecule has 1 unspecified atom stereocenters. The molecule has 4 nitrogen and oxygen atoms in total. The maximum Gasteiger partial charge on any atom is 0.123 e. The fraction of sp³-hybridized carbons (Fsp3) is 0.471. The zero-order chi connectivity index (χ0) is 16.0. The van der Waals surface area contributed by atoms with E-state index in [0.29, 0.717) is 13.0 Å². The van der Waals surface area contributed by atoms with Crippen LogP contribution in [0.15, 0.2) is 30.3 Å². The molecule has 2 rings (SSSR count). The molecule has 1 aromatic carbocycles. The average Bonchev–Trinajstić information content (AvgIpc) is 2.88. The highest BCUT2D eigenvalue weighted by Crippen LogP contribution is 2.28. The second-order valence-electron chi connectivity index (χ2n) is 5.71. The van der Waals surface area contributed by atoms with Crippen LogP contribution in [0.4, 0.5) is 0 Å². The van der Waals surface area contributed by atoms with Crippen LogP contribution >= 0.6 is 11.3 Å². The second-order valence-corrected chi connectivity index (χ2v) is 6.80. The lowest BCUT2D eigenvalue weighted by atomic mass is 9.99. The Morgan fingerprint density at radius 3 is 2.68 bits per heavy atom. The van der Waals surface area contributed by atoms with Crippen LogP contribution in [0.1, 0.15) is 23.9 Å². The summed E-state index contributed by atoms with van der Waals surface area (Å²) < 4.78 is 5.27. The maximum atomic E-state index is 9.23. The number of benzene rings is 1. The minimum absolute atomic E-state index is 0.143. The van der Waals surface area contributed by atoms with E-state index in [1.807, 2.05) is 25.1 Å². The van der Waals surface area contributed by atoms with Gasteiger partial charge < -0.3 is 15.2 Å². The van der Waals surface area contributed by atoms with Crippen molar-refractivity contribution >= 4 is 11.3 Å². The molecule has 120 valence electrons. The first-order valence-corrected chi connectivity index (χ1v) is 8.26. The third kappa shape index (κ3) is 4.36. The first-order chi connectivity index (χ1) is 10.6. The molecule has 1 aromatic heterocycles. The number of ether oxygens (including phenoxy) is 1. The number of thiazole rings is 1. The van der Waals surface area contributed by atoms with Crippen molar-refractivity contribution in [1.82, 2.24) is 10.3 Å². The summed E-state index contributed by atoms with van der Waals surface area (Å²) in [5, 5.41) is 13.8. The van der Waals surface area contributed by atoms with Crippen molar-refractivity contribution in [2.75, 3.05) is 20.3 Å². The number of methoxy groups -OCH3 is 1. The molecule has 0 saturated heterocycles. The molecule has 22 heavy (non-hydrogen) atoms. The summed E-state index contributed by atoms with van der Waals surface area (Å²) in [5.74, 6) is 0. The van der Waals surface area contributed by atoms with Crippen LogP contribution in [0.2, 0.25) is 0 Å². The average molecular weight is 320 g/mol. The summed E-state index contributed by atoms with van der Waals surface area (Å²) in [4.78, 5) is 5.89. The summed E-state index contributed by atoms with van der Waals surface area (Å²) in [5.41, 5.74) is 1.98. The van der Waals surface area contributed by atoms with Crippen molar-refractivity contribution in [3.63, 3.8) is 0 Å². The zero-order valence-electron chi connectivity index (χ0n) is 13.4. The Labute approximate surface area is 136 Å². The molecule has 0 aliphatic rings. The largest absolute Gasteiger partial charge is 0.396 e. The standard InChI is InChI=1S/C17H24N2O2S/c1-13-15(11-18-17(2,9-10-20)12-21-3)22-16(19-13)14-7-5-4-6-8-14/h4-8,18,20H,9-12H2,1-3H3. The molecule has 0 spiro atoms.